The summed E-state index contributed by atoms with van der Waals surface area (Å²) in [4.78, 5) is 0. The maximum Gasteiger partial charge on any atom is 0.0640 e. The molecule has 1 aliphatic rings. The fourth-order valence-electron chi connectivity index (χ4n) is 2.16. The van der Waals surface area contributed by atoms with Crippen LogP contribution in [0.4, 0.5) is 0 Å². The van der Waals surface area contributed by atoms with E-state index >= 15 is 0 Å². The van der Waals surface area contributed by atoms with Crippen molar-refractivity contribution in [3.63, 3.8) is 0 Å². The lowest BCUT2D eigenvalue weighted by molar-refractivity contribution is 0.269. The number of nitrogens with zero attached hydrogens (tertiary/aromatic N) is 2. The van der Waals surface area contributed by atoms with Crippen molar-refractivity contribution < 1.29 is 5.11 Å². The highest BCUT2D eigenvalue weighted by Gasteiger charge is 2.35. The Morgan fingerprint density at radius 2 is 2.50 bits per heavy atom. The first-order valence-corrected chi connectivity index (χ1v) is 6.19. The van der Waals surface area contributed by atoms with Crippen molar-refractivity contribution in [3.8, 4) is 0 Å². The summed E-state index contributed by atoms with van der Waals surface area (Å²) in [6, 6.07) is 0.723. The molecule has 0 radical (unpaired) electrons. The van der Waals surface area contributed by atoms with E-state index in [1.807, 2.05) is 12.4 Å². The number of hydrogen-bond acceptors (Lipinski definition) is 3. The van der Waals surface area contributed by atoms with Gasteiger partial charge in [0.25, 0.3) is 0 Å². The van der Waals surface area contributed by atoms with E-state index in [9.17, 15) is 0 Å². The second kappa shape index (κ2) is 5.46. The average Bonchev–Trinajstić information content (AvgIpc) is 2.85. The van der Waals surface area contributed by atoms with Gasteiger partial charge in [-0.2, -0.15) is 5.10 Å². The zero-order valence-corrected chi connectivity index (χ0v) is 9.89. The molecule has 0 bridgehead atoms. The average molecular weight is 223 g/mol. The summed E-state index contributed by atoms with van der Waals surface area (Å²) in [5.41, 5.74) is 1.20. The lowest BCUT2D eigenvalue weighted by Gasteiger charge is -2.01. The van der Waals surface area contributed by atoms with Crippen LogP contribution in [0.3, 0.4) is 0 Å². The predicted molar refractivity (Wildman–Crippen MR) is 63.0 cm³/mol. The van der Waals surface area contributed by atoms with Gasteiger partial charge in [-0.15, -0.1) is 0 Å². The van der Waals surface area contributed by atoms with Crippen molar-refractivity contribution >= 4 is 0 Å². The summed E-state index contributed by atoms with van der Waals surface area (Å²) < 4.78 is 1.79. The maximum absolute atomic E-state index is 8.77. The van der Waals surface area contributed by atoms with E-state index in [1.54, 1.807) is 4.68 Å². The van der Waals surface area contributed by atoms with Crippen molar-refractivity contribution in [1.29, 1.82) is 0 Å². The molecule has 0 amide bonds. The quantitative estimate of drug-likeness (QED) is 0.729. The molecular formula is C12H21N3O. The van der Waals surface area contributed by atoms with E-state index in [0.717, 1.165) is 18.5 Å². The van der Waals surface area contributed by atoms with Crippen LogP contribution < -0.4 is 5.32 Å². The molecule has 0 saturated heterocycles. The van der Waals surface area contributed by atoms with Crippen molar-refractivity contribution in [2.75, 3.05) is 6.61 Å². The third-order valence-electron chi connectivity index (χ3n) is 3.17. The van der Waals surface area contributed by atoms with Crippen LogP contribution in [-0.4, -0.2) is 27.5 Å². The summed E-state index contributed by atoms with van der Waals surface area (Å²) in [5.74, 6) is 0.900. The molecular weight excluding hydrogens is 202 g/mol. The zero-order chi connectivity index (χ0) is 11.4. The number of nitrogens with one attached hydrogen (secondary N) is 1. The van der Waals surface area contributed by atoms with E-state index in [-0.39, 0.29) is 6.61 Å². The molecule has 1 aromatic rings. The van der Waals surface area contributed by atoms with Gasteiger partial charge in [-0.3, -0.25) is 4.68 Å². The third kappa shape index (κ3) is 3.06. The van der Waals surface area contributed by atoms with Crippen LogP contribution >= 0.6 is 0 Å². The third-order valence-corrected chi connectivity index (χ3v) is 3.17. The maximum atomic E-state index is 8.77. The molecule has 2 atom stereocenters. The van der Waals surface area contributed by atoms with Crippen molar-refractivity contribution in [1.82, 2.24) is 15.1 Å². The van der Waals surface area contributed by atoms with E-state index in [2.05, 4.69) is 17.3 Å². The summed E-state index contributed by atoms with van der Waals surface area (Å²) in [5, 5.41) is 16.5. The van der Waals surface area contributed by atoms with Gasteiger partial charge in [0.1, 0.15) is 0 Å². The molecule has 0 aliphatic heterocycles. The molecule has 2 rings (SSSR count). The fourth-order valence-corrected chi connectivity index (χ4v) is 2.16. The first kappa shape index (κ1) is 11.6. The normalized spacial score (nSPS) is 23.6. The van der Waals surface area contributed by atoms with Gasteiger partial charge in [0.2, 0.25) is 0 Å². The first-order valence-electron chi connectivity index (χ1n) is 6.19. The second-order valence-electron chi connectivity index (χ2n) is 4.61. The molecule has 90 valence electrons. The Hall–Kier alpha value is -0.870. The van der Waals surface area contributed by atoms with Crippen molar-refractivity contribution in [3.05, 3.63) is 18.0 Å². The fraction of sp³-hybridized carbons (Fsp3) is 0.750. The van der Waals surface area contributed by atoms with Crippen molar-refractivity contribution in [2.45, 2.75) is 45.3 Å². The summed E-state index contributed by atoms with van der Waals surface area (Å²) in [6.45, 7) is 3.88. The van der Waals surface area contributed by atoms with Crippen LogP contribution in [0.5, 0.6) is 0 Å². The van der Waals surface area contributed by atoms with E-state index in [0.29, 0.717) is 6.54 Å². The highest BCUT2D eigenvalue weighted by molar-refractivity contribution is 5.05. The molecule has 0 aromatic carbocycles. The first-order chi connectivity index (χ1) is 7.83. The Balaban J connectivity index is 1.69. The Morgan fingerprint density at radius 3 is 3.25 bits per heavy atom. The lowest BCUT2D eigenvalue weighted by Crippen LogP contribution is -2.17. The van der Waals surface area contributed by atoms with Crippen LogP contribution in [0.1, 0.15) is 31.7 Å². The Morgan fingerprint density at radius 1 is 1.62 bits per heavy atom. The Bertz CT molecular complexity index is 324. The van der Waals surface area contributed by atoms with Crippen LogP contribution in [0.15, 0.2) is 12.4 Å². The van der Waals surface area contributed by atoms with Gasteiger partial charge in [-0.25, -0.2) is 0 Å². The van der Waals surface area contributed by atoms with Crippen LogP contribution in [0.2, 0.25) is 0 Å². The monoisotopic (exact) mass is 223 g/mol. The molecule has 2 unspecified atom stereocenters. The Kier molecular flexibility index (Phi) is 3.96. The van der Waals surface area contributed by atoms with Gasteiger partial charge in [-0.05, 0) is 18.8 Å². The summed E-state index contributed by atoms with van der Waals surface area (Å²) in [7, 11) is 0. The largest absolute Gasteiger partial charge is 0.394 e. The Labute approximate surface area is 96.7 Å². The van der Waals surface area contributed by atoms with E-state index < -0.39 is 0 Å². The minimum absolute atomic E-state index is 0.149. The number of hydrogen-bond donors (Lipinski definition) is 2. The molecule has 16 heavy (non-hydrogen) atoms. The highest BCUT2D eigenvalue weighted by Crippen LogP contribution is 2.34. The molecule has 4 heteroatoms. The van der Waals surface area contributed by atoms with Gasteiger partial charge in [0.15, 0.2) is 0 Å². The molecule has 1 aromatic heterocycles. The van der Waals surface area contributed by atoms with Gasteiger partial charge in [-0.1, -0.05) is 13.3 Å². The minimum atomic E-state index is 0.149. The van der Waals surface area contributed by atoms with E-state index in [4.69, 9.17) is 5.11 Å². The summed E-state index contributed by atoms with van der Waals surface area (Å²) >= 11 is 0. The smallest absolute Gasteiger partial charge is 0.0640 e. The number of rotatable bonds is 7. The number of aliphatic hydroxyl groups is 1. The molecule has 4 nitrogen and oxygen atoms in total. The summed E-state index contributed by atoms with van der Waals surface area (Å²) in [6.07, 6.45) is 7.84. The molecule has 2 N–H and O–H groups in total. The molecule has 1 fully saturated rings. The SMILES string of the molecule is CCCC1CC1NCc1cnn(CCO)c1. The standard InChI is InChI=1S/C12H21N3O/c1-2-3-11-6-12(11)13-7-10-8-14-15(9-10)4-5-16/h8-9,11-13,16H,2-7H2,1H3. The number of aliphatic hydroxyl groups excluding tert-OH is 1. The van der Waals surface area contributed by atoms with Crippen LogP contribution in [0, 0.1) is 5.92 Å². The van der Waals surface area contributed by atoms with Crippen molar-refractivity contribution in [2.24, 2.45) is 5.92 Å². The molecule has 1 saturated carbocycles. The zero-order valence-electron chi connectivity index (χ0n) is 9.89. The second-order valence-corrected chi connectivity index (χ2v) is 4.61. The minimum Gasteiger partial charge on any atom is -0.394 e. The lowest BCUT2D eigenvalue weighted by atomic mass is 10.2. The molecule has 0 spiro atoms. The van der Waals surface area contributed by atoms with Gasteiger partial charge in [0.05, 0.1) is 19.3 Å². The van der Waals surface area contributed by atoms with Crippen LogP contribution in [0.25, 0.3) is 0 Å². The van der Waals surface area contributed by atoms with E-state index in [1.165, 1.54) is 24.8 Å². The topological polar surface area (TPSA) is 50.1 Å². The van der Waals surface area contributed by atoms with Gasteiger partial charge >= 0.3 is 0 Å². The molecule has 1 aliphatic carbocycles. The highest BCUT2D eigenvalue weighted by atomic mass is 16.3. The van der Waals surface area contributed by atoms with Gasteiger partial charge in [0, 0.05) is 24.3 Å². The van der Waals surface area contributed by atoms with Gasteiger partial charge < -0.3 is 10.4 Å². The number of aromatic nitrogens is 2. The molecule has 1 heterocycles. The predicted octanol–water partition coefficient (Wildman–Crippen LogP) is 1.15. The van der Waals surface area contributed by atoms with Crippen LogP contribution in [-0.2, 0) is 13.1 Å².